The van der Waals surface area contributed by atoms with Crippen LogP contribution >= 0.6 is 0 Å². The number of rotatable bonds is 2. The first-order valence-corrected chi connectivity index (χ1v) is 4.79. The van der Waals surface area contributed by atoms with E-state index in [-0.39, 0.29) is 17.2 Å². The summed E-state index contributed by atoms with van der Waals surface area (Å²) in [6.45, 7) is 4.10. The summed E-state index contributed by atoms with van der Waals surface area (Å²) in [7, 11) is 0. The van der Waals surface area contributed by atoms with Crippen LogP contribution in [0.15, 0.2) is 6.20 Å². The van der Waals surface area contributed by atoms with Crippen LogP contribution in [-0.4, -0.2) is 16.1 Å². The van der Waals surface area contributed by atoms with Crippen LogP contribution in [-0.2, 0) is 4.79 Å². The van der Waals surface area contributed by atoms with Crippen molar-refractivity contribution in [2.24, 2.45) is 11.3 Å². The summed E-state index contributed by atoms with van der Waals surface area (Å²) >= 11 is 0. The number of aromatic amines is 1. The summed E-state index contributed by atoms with van der Waals surface area (Å²) < 4.78 is 0. The van der Waals surface area contributed by atoms with Gasteiger partial charge < -0.3 is 5.32 Å². The van der Waals surface area contributed by atoms with E-state index in [9.17, 15) is 4.79 Å². The molecule has 1 saturated carbocycles. The molecule has 1 aliphatic carbocycles. The fraction of sp³-hybridized carbons (Fsp3) is 0.500. The van der Waals surface area contributed by atoms with E-state index in [1.54, 1.807) is 0 Å². The van der Waals surface area contributed by atoms with Gasteiger partial charge in [0.25, 0.3) is 0 Å². The molecule has 2 N–H and O–H groups in total. The molecule has 1 aliphatic rings. The van der Waals surface area contributed by atoms with Gasteiger partial charge in [-0.2, -0.15) is 10.4 Å². The molecule has 5 nitrogen and oxygen atoms in total. The fourth-order valence-corrected chi connectivity index (χ4v) is 1.59. The number of aromatic nitrogens is 2. The van der Waals surface area contributed by atoms with Crippen molar-refractivity contribution < 1.29 is 4.79 Å². The minimum atomic E-state index is -0.0410. The third kappa shape index (κ3) is 1.71. The van der Waals surface area contributed by atoms with E-state index in [0.29, 0.717) is 11.4 Å². The van der Waals surface area contributed by atoms with E-state index in [2.05, 4.69) is 29.4 Å². The first-order valence-electron chi connectivity index (χ1n) is 4.79. The van der Waals surface area contributed by atoms with E-state index in [0.717, 1.165) is 6.42 Å². The zero-order chi connectivity index (χ0) is 11.1. The van der Waals surface area contributed by atoms with E-state index >= 15 is 0 Å². The van der Waals surface area contributed by atoms with Gasteiger partial charge >= 0.3 is 0 Å². The Morgan fingerprint density at radius 2 is 2.47 bits per heavy atom. The van der Waals surface area contributed by atoms with E-state index < -0.39 is 0 Å². The molecule has 78 valence electrons. The Labute approximate surface area is 87.5 Å². The standard InChI is InChI=1S/C10H12N4O/c1-10(2)3-7(10)9(15)13-8-6(4-11)5-12-14-8/h5,7H,3H2,1-2H3,(H2,12,13,14,15). The van der Waals surface area contributed by atoms with Gasteiger partial charge in [-0.3, -0.25) is 9.89 Å². The predicted octanol–water partition coefficient (Wildman–Crippen LogP) is 1.27. The second-order valence-corrected chi connectivity index (χ2v) is 4.51. The Bertz CT molecular complexity index is 441. The van der Waals surface area contributed by atoms with Gasteiger partial charge in [0.05, 0.1) is 6.20 Å². The summed E-state index contributed by atoms with van der Waals surface area (Å²) in [5.41, 5.74) is 0.457. The van der Waals surface area contributed by atoms with Crippen molar-refractivity contribution in [3.63, 3.8) is 0 Å². The van der Waals surface area contributed by atoms with Crippen LogP contribution in [0.3, 0.4) is 0 Å². The summed E-state index contributed by atoms with van der Waals surface area (Å²) in [5, 5.41) is 17.7. The van der Waals surface area contributed by atoms with Crippen LogP contribution in [0.1, 0.15) is 25.8 Å². The maximum Gasteiger partial charge on any atom is 0.229 e. The lowest BCUT2D eigenvalue weighted by atomic mass is 10.1. The minimum absolute atomic E-state index is 0.0410. The zero-order valence-corrected chi connectivity index (χ0v) is 8.66. The molecule has 0 aliphatic heterocycles. The van der Waals surface area contributed by atoms with Crippen molar-refractivity contribution in [1.82, 2.24) is 10.2 Å². The molecule has 2 rings (SSSR count). The van der Waals surface area contributed by atoms with Crippen LogP contribution in [0.4, 0.5) is 5.82 Å². The largest absolute Gasteiger partial charge is 0.310 e. The molecule has 1 heterocycles. The van der Waals surface area contributed by atoms with Gasteiger partial charge in [0.15, 0.2) is 0 Å². The predicted molar refractivity (Wildman–Crippen MR) is 53.8 cm³/mol. The average Bonchev–Trinajstić information content (AvgIpc) is 2.60. The highest BCUT2D eigenvalue weighted by molar-refractivity contribution is 5.95. The van der Waals surface area contributed by atoms with E-state index in [4.69, 9.17) is 5.26 Å². The molecule has 1 amide bonds. The zero-order valence-electron chi connectivity index (χ0n) is 8.66. The lowest BCUT2D eigenvalue weighted by molar-refractivity contribution is -0.118. The number of nitrogens with zero attached hydrogens (tertiary/aromatic N) is 2. The summed E-state index contributed by atoms with van der Waals surface area (Å²) in [4.78, 5) is 11.7. The highest BCUT2D eigenvalue weighted by Gasteiger charge is 2.50. The number of nitrogens with one attached hydrogen (secondary N) is 2. The first kappa shape index (κ1) is 9.71. The lowest BCUT2D eigenvalue weighted by Gasteiger charge is -2.04. The second-order valence-electron chi connectivity index (χ2n) is 4.51. The Hall–Kier alpha value is -1.83. The van der Waals surface area contributed by atoms with Gasteiger partial charge in [0, 0.05) is 5.92 Å². The molecule has 0 aromatic carbocycles. The van der Waals surface area contributed by atoms with Crippen molar-refractivity contribution in [3.8, 4) is 6.07 Å². The molecule has 5 heteroatoms. The van der Waals surface area contributed by atoms with Crippen molar-refractivity contribution in [1.29, 1.82) is 5.26 Å². The molecular formula is C10H12N4O. The molecule has 0 radical (unpaired) electrons. The first-order chi connectivity index (χ1) is 7.04. The summed E-state index contributed by atoms with van der Waals surface area (Å²) in [6.07, 6.45) is 2.29. The number of carbonyl (C=O) groups is 1. The average molecular weight is 204 g/mol. The van der Waals surface area contributed by atoms with Crippen LogP contribution in [0.2, 0.25) is 0 Å². The smallest absolute Gasteiger partial charge is 0.229 e. The van der Waals surface area contributed by atoms with Crippen LogP contribution in [0.25, 0.3) is 0 Å². The molecule has 0 saturated heterocycles. The molecule has 0 bridgehead atoms. The highest BCUT2D eigenvalue weighted by atomic mass is 16.2. The van der Waals surface area contributed by atoms with E-state index in [1.165, 1.54) is 6.20 Å². The third-order valence-electron chi connectivity index (χ3n) is 2.84. The van der Waals surface area contributed by atoms with Gasteiger partial charge in [0.1, 0.15) is 17.5 Å². The van der Waals surface area contributed by atoms with Crippen LogP contribution < -0.4 is 5.32 Å². The third-order valence-corrected chi connectivity index (χ3v) is 2.84. The minimum Gasteiger partial charge on any atom is -0.310 e. The molecule has 1 atom stereocenters. The summed E-state index contributed by atoms with van der Waals surface area (Å²) in [5.74, 6) is 0.401. The SMILES string of the molecule is CC1(C)CC1C(=O)Nc1[nH]ncc1C#N. The van der Waals surface area contributed by atoms with Gasteiger partial charge in [0.2, 0.25) is 5.91 Å². The van der Waals surface area contributed by atoms with Crippen molar-refractivity contribution in [3.05, 3.63) is 11.8 Å². The number of H-pyrrole nitrogens is 1. The maximum atomic E-state index is 11.7. The van der Waals surface area contributed by atoms with Crippen molar-refractivity contribution in [2.45, 2.75) is 20.3 Å². The van der Waals surface area contributed by atoms with Crippen molar-refractivity contribution >= 4 is 11.7 Å². The molecule has 1 aromatic heterocycles. The molecule has 1 aromatic rings. The Morgan fingerprint density at radius 1 is 1.80 bits per heavy atom. The second kappa shape index (κ2) is 3.09. The topological polar surface area (TPSA) is 81.6 Å². The molecule has 15 heavy (non-hydrogen) atoms. The monoisotopic (exact) mass is 204 g/mol. The van der Waals surface area contributed by atoms with Gasteiger partial charge in [-0.05, 0) is 11.8 Å². The Balaban J connectivity index is 2.05. The Kier molecular flexibility index (Phi) is 2.00. The molecular weight excluding hydrogens is 192 g/mol. The molecule has 1 unspecified atom stereocenters. The van der Waals surface area contributed by atoms with Crippen LogP contribution in [0.5, 0.6) is 0 Å². The van der Waals surface area contributed by atoms with Crippen molar-refractivity contribution in [2.75, 3.05) is 5.32 Å². The normalized spacial score (nSPS) is 21.8. The number of hydrogen-bond donors (Lipinski definition) is 2. The maximum absolute atomic E-state index is 11.7. The number of carbonyl (C=O) groups excluding carboxylic acids is 1. The highest BCUT2D eigenvalue weighted by Crippen LogP contribution is 2.51. The van der Waals surface area contributed by atoms with Crippen LogP contribution in [0, 0.1) is 22.7 Å². The Morgan fingerprint density at radius 3 is 3.00 bits per heavy atom. The quantitative estimate of drug-likeness (QED) is 0.761. The number of hydrogen-bond acceptors (Lipinski definition) is 3. The number of anilines is 1. The summed E-state index contributed by atoms with van der Waals surface area (Å²) in [6, 6.07) is 1.95. The molecule has 0 spiro atoms. The number of nitriles is 1. The lowest BCUT2D eigenvalue weighted by Crippen LogP contribution is -2.17. The fourth-order valence-electron chi connectivity index (χ4n) is 1.59. The number of amides is 1. The molecule has 1 fully saturated rings. The van der Waals surface area contributed by atoms with Gasteiger partial charge in [-0.1, -0.05) is 13.8 Å². The van der Waals surface area contributed by atoms with Gasteiger partial charge in [-0.15, -0.1) is 0 Å². The van der Waals surface area contributed by atoms with E-state index in [1.807, 2.05) is 6.07 Å². The van der Waals surface area contributed by atoms with Gasteiger partial charge in [-0.25, -0.2) is 0 Å².